The first-order valence-corrected chi connectivity index (χ1v) is 11.3. The molecule has 3 N–H and O–H groups in total. The second kappa shape index (κ2) is 15.8. The third-order valence-electron chi connectivity index (χ3n) is 5.51. The highest BCUT2D eigenvalue weighted by Crippen LogP contribution is 2.11. The zero-order valence-electron chi connectivity index (χ0n) is 19.9. The molecule has 0 saturated carbocycles. The third-order valence-corrected chi connectivity index (χ3v) is 5.51. The molecule has 0 aliphatic carbocycles. The molecule has 0 aliphatic heterocycles. The number of aliphatic imine (C=N–C) groups is 1. The third kappa shape index (κ3) is 9.72. The van der Waals surface area contributed by atoms with E-state index in [4.69, 9.17) is 4.99 Å². The summed E-state index contributed by atoms with van der Waals surface area (Å²) < 4.78 is 1.96. The van der Waals surface area contributed by atoms with E-state index in [2.05, 4.69) is 64.0 Å². The summed E-state index contributed by atoms with van der Waals surface area (Å²) in [6.45, 7) is 7.37. The lowest BCUT2D eigenvalue weighted by molar-refractivity contribution is 0.251. The van der Waals surface area contributed by atoms with Crippen molar-refractivity contribution >= 4 is 35.6 Å². The van der Waals surface area contributed by atoms with Gasteiger partial charge in [0, 0.05) is 46.0 Å². The first kappa shape index (κ1) is 28.2. The Bertz CT molecular complexity index is 776. The highest BCUT2D eigenvalue weighted by Gasteiger charge is 2.10. The Balaban J connectivity index is 0.00000512. The molecular weight excluding hydrogens is 517 g/mol. The molecule has 180 valence electrons. The molecule has 2 aromatic rings. The Kier molecular flexibility index (Phi) is 13.9. The number of aromatic nitrogens is 3. The van der Waals surface area contributed by atoms with Gasteiger partial charge >= 0.3 is 0 Å². The van der Waals surface area contributed by atoms with Crippen LogP contribution in [0.1, 0.15) is 44.3 Å². The second-order valence-corrected chi connectivity index (χ2v) is 7.97. The lowest BCUT2D eigenvalue weighted by Gasteiger charge is -2.21. The summed E-state index contributed by atoms with van der Waals surface area (Å²) in [7, 11) is 4.07. The topological polar surface area (TPSA) is 90.6 Å². The number of para-hydroxylation sites is 1. The Labute approximate surface area is 209 Å². The van der Waals surface area contributed by atoms with Gasteiger partial charge in [0.15, 0.2) is 11.8 Å². The molecule has 0 aliphatic rings. The van der Waals surface area contributed by atoms with E-state index in [-0.39, 0.29) is 30.6 Å². The smallest absolute Gasteiger partial charge is 0.191 e. The van der Waals surface area contributed by atoms with Crippen molar-refractivity contribution in [3.8, 4) is 0 Å². The Morgan fingerprint density at radius 1 is 1.19 bits per heavy atom. The normalized spacial score (nSPS) is 12.2. The average molecular weight is 558 g/mol. The Morgan fingerprint density at radius 2 is 1.94 bits per heavy atom. The van der Waals surface area contributed by atoms with Crippen LogP contribution in [0, 0.1) is 12.8 Å². The fourth-order valence-electron chi connectivity index (χ4n) is 3.43. The van der Waals surface area contributed by atoms with Crippen molar-refractivity contribution < 1.29 is 5.11 Å². The van der Waals surface area contributed by atoms with Gasteiger partial charge in [-0.2, -0.15) is 0 Å². The number of aryl methyl sites for hydroxylation is 1. The maximum Gasteiger partial charge on any atom is 0.191 e. The van der Waals surface area contributed by atoms with Crippen LogP contribution in [0.4, 0.5) is 5.69 Å². The number of benzene rings is 1. The lowest BCUT2D eigenvalue weighted by atomic mass is 10.0. The van der Waals surface area contributed by atoms with E-state index in [0.717, 1.165) is 62.9 Å². The summed E-state index contributed by atoms with van der Waals surface area (Å²) in [5.74, 6) is 2.93. The van der Waals surface area contributed by atoms with Gasteiger partial charge in [-0.25, -0.2) is 4.99 Å². The zero-order valence-corrected chi connectivity index (χ0v) is 22.2. The molecule has 0 saturated heterocycles. The van der Waals surface area contributed by atoms with E-state index in [1.54, 1.807) is 0 Å². The molecule has 1 aromatic carbocycles. The van der Waals surface area contributed by atoms with Gasteiger partial charge in [0.25, 0.3) is 0 Å². The predicted molar refractivity (Wildman–Crippen MR) is 143 cm³/mol. The van der Waals surface area contributed by atoms with Crippen LogP contribution in [0.3, 0.4) is 0 Å². The lowest BCUT2D eigenvalue weighted by Crippen LogP contribution is -2.41. The first-order chi connectivity index (χ1) is 15.0. The number of anilines is 1. The van der Waals surface area contributed by atoms with Crippen LogP contribution in [0.15, 0.2) is 35.3 Å². The standard InChI is InChI=1S/C23H39N7O.HI/c1-5-10-20(13-16-31)17-25-23(26-18-22-28-27-19(2)30(22)4)24-14-9-15-29(3)21-11-7-6-8-12-21;/h6-8,11-12,20,31H,5,9-10,13-18H2,1-4H3,(H2,24,25,26);1H. The SMILES string of the molecule is CCCC(CCO)CNC(=NCc1nnc(C)n1C)NCCCN(C)c1ccccc1.I. The number of halogens is 1. The summed E-state index contributed by atoms with van der Waals surface area (Å²) in [5.41, 5.74) is 1.22. The van der Waals surface area contributed by atoms with Crippen LogP contribution in [-0.4, -0.2) is 59.1 Å². The van der Waals surface area contributed by atoms with Crippen LogP contribution in [-0.2, 0) is 13.6 Å². The number of hydrogen-bond acceptors (Lipinski definition) is 5. The van der Waals surface area contributed by atoms with Gasteiger partial charge in [0.1, 0.15) is 12.4 Å². The summed E-state index contributed by atoms with van der Waals surface area (Å²) in [4.78, 5) is 6.99. The maximum absolute atomic E-state index is 9.34. The minimum Gasteiger partial charge on any atom is -0.396 e. The summed E-state index contributed by atoms with van der Waals surface area (Å²) in [6, 6.07) is 10.4. The van der Waals surface area contributed by atoms with Crippen molar-refractivity contribution in [2.45, 2.75) is 46.1 Å². The van der Waals surface area contributed by atoms with E-state index in [0.29, 0.717) is 12.5 Å². The number of nitrogens with zero attached hydrogens (tertiary/aromatic N) is 5. The molecule has 0 spiro atoms. The van der Waals surface area contributed by atoms with Crippen molar-refractivity contribution in [2.24, 2.45) is 18.0 Å². The minimum absolute atomic E-state index is 0. The minimum atomic E-state index is 0. The number of aliphatic hydroxyl groups is 1. The van der Waals surface area contributed by atoms with E-state index in [1.165, 1.54) is 5.69 Å². The van der Waals surface area contributed by atoms with Gasteiger partial charge in [-0.15, -0.1) is 34.2 Å². The average Bonchev–Trinajstić information content (AvgIpc) is 3.10. The van der Waals surface area contributed by atoms with E-state index in [1.807, 2.05) is 24.6 Å². The van der Waals surface area contributed by atoms with Crippen LogP contribution in [0.2, 0.25) is 0 Å². The maximum atomic E-state index is 9.34. The molecule has 0 radical (unpaired) electrons. The molecular formula is C23H40IN7O. The van der Waals surface area contributed by atoms with Crippen molar-refractivity contribution in [2.75, 3.05) is 38.2 Å². The number of aliphatic hydroxyl groups excluding tert-OH is 1. The van der Waals surface area contributed by atoms with Gasteiger partial charge in [-0.3, -0.25) is 0 Å². The van der Waals surface area contributed by atoms with Gasteiger partial charge < -0.3 is 25.2 Å². The molecule has 8 nitrogen and oxygen atoms in total. The van der Waals surface area contributed by atoms with Crippen molar-refractivity contribution in [1.29, 1.82) is 0 Å². The number of hydrogen-bond donors (Lipinski definition) is 3. The number of nitrogens with one attached hydrogen (secondary N) is 2. The fourth-order valence-corrected chi connectivity index (χ4v) is 3.43. The summed E-state index contributed by atoms with van der Waals surface area (Å²) >= 11 is 0. The van der Waals surface area contributed by atoms with Crippen LogP contribution in [0.5, 0.6) is 0 Å². The second-order valence-electron chi connectivity index (χ2n) is 7.97. The fraction of sp³-hybridized carbons (Fsp3) is 0.609. The van der Waals surface area contributed by atoms with Crippen LogP contribution < -0.4 is 15.5 Å². The first-order valence-electron chi connectivity index (χ1n) is 11.3. The number of rotatable bonds is 13. The Hall–Kier alpha value is -1.88. The van der Waals surface area contributed by atoms with Crippen molar-refractivity contribution in [3.05, 3.63) is 42.0 Å². The van der Waals surface area contributed by atoms with Gasteiger partial charge in [0.05, 0.1) is 0 Å². The molecule has 9 heteroatoms. The monoisotopic (exact) mass is 557 g/mol. The van der Waals surface area contributed by atoms with Crippen molar-refractivity contribution in [1.82, 2.24) is 25.4 Å². The van der Waals surface area contributed by atoms with Gasteiger partial charge in [-0.1, -0.05) is 31.5 Å². The van der Waals surface area contributed by atoms with E-state index >= 15 is 0 Å². The quantitative estimate of drug-likeness (QED) is 0.152. The van der Waals surface area contributed by atoms with E-state index < -0.39 is 0 Å². The summed E-state index contributed by atoms with van der Waals surface area (Å²) in [5, 5.41) is 24.6. The largest absolute Gasteiger partial charge is 0.396 e. The Morgan fingerprint density at radius 3 is 2.56 bits per heavy atom. The van der Waals surface area contributed by atoms with Crippen LogP contribution >= 0.6 is 24.0 Å². The molecule has 2 rings (SSSR count). The summed E-state index contributed by atoms with van der Waals surface area (Å²) in [6.07, 6.45) is 3.99. The van der Waals surface area contributed by atoms with Gasteiger partial charge in [-0.05, 0) is 44.2 Å². The number of guanidine groups is 1. The zero-order chi connectivity index (χ0) is 22.5. The molecule has 0 bridgehead atoms. The molecule has 1 aromatic heterocycles. The molecule has 0 fully saturated rings. The van der Waals surface area contributed by atoms with Crippen LogP contribution in [0.25, 0.3) is 0 Å². The molecule has 32 heavy (non-hydrogen) atoms. The van der Waals surface area contributed by atoms with E-state index in [9.17, 15) is 5.11 Å². The molecule has 0 amide bonds. The van der Waals surface area contributed by atoms with Crippen molar-refractivity contribution in [3.63, 3.8) is 0 Å². The molecule has 1 unspecified atom stereocenters. The highest BCUT2D eigenvalue weighted by molar-refractivity contribution is 14.0. The molecule has 1 heterocycles. The predicted octanol–water partition coefficient (Wildman–Crippen LogP) is 3.10. The molecule has 1 atom stereocenters. The van der Waals surface area contributed by atoms with Gasteiger partial charge in [0.2, 0.25) is 0 Å². The highest BCUT2D eigenvalue weighted by atomic mass is 127.